The largest absolute Gasteiger partial charge is 0.325 e. The molecule has 0 bridgehead atoms. The molecule has 0 atom stereocenters. The molecule has 0 aliphatic heterocycles. The van der Waals surface area contributed by atoms with Gasteiger partial charge in [-0.05, 0) is 24.5 Å². The first-order valence-corrected chi connectivity index (χ1v) is 10.1. The van der Waals surface area contributed by atoms with E-state index in [9.17, 15) is 4.79 Å². The van der Waals surface area contributed by atoms with Gasteiger partial charge in [-0.1, -0.05) is 74.1 Å². The minimum atomic E-state index is -0.0417. The summed E-state index contributed by atoms with van der Waals surface area (Å²) in [6.45, 7) is 7.04. The van der Waals surface area contributed by atoms with E-state index in [0.29, 0.717) is 11.7 Å². The normalized spacial score (nSPS) is 11.0. The van der Waals surface area contributed by atoms with Crippen LogP contribution in [-0.2, 0) is 11.3 Å². The van der Waals surface area contributed by atoms with Gasteiger partial charge in [-0.2, -0.15) is 0 Å². The van der Waals surface area contributed by atoms with Crippen LogP contribution in [0.4, 0.5) is 5.69 Å². The van der Waals surface area contributed by atoms with Gasteiger partial charge in [0.25, 0.3) is 0 Å². The van der Waals surface area contributed by atoms with Crippen LogP contribution < -0.4 is 5.32 Å². The molecule has 0 fully saturated rings. The summed E-state index contributed by atoms with van der Waals surface area (Å²) in [5, 5.41) is 12.4. The summed E-state index contributed by atoms with van der Waals surface area (Å²) < 4.78 is 2.04. The third-order valence-corrected chi connectivity index (χ3v) is 5.22. The number of nitrogens with one attached hydrogen (secondary N) is 1. The number of hydrogen-bond donors (Lipinski definition) is 1. The van der Waals surface area contributed by atoms with Gasteiger partial charge in [0, 0.05) is 17.8 Å². The van der Waals surface area contributed by atoms with E-state index in [1.54, 1.807) is 0 Å². The van der Waals surface area contributed by atoms with Crippen molar-refractivity contribution in [1.29, 1.82) is 0 Å². The van der Waals surface area contributed by atoms with Crippen LogP contribution in [0.5, 0.6) is 0 Å². The first kappa shape index (κ1) is 19.2. The highest BCUT2D eigenvalue weighted by molar-refractivity contribution is 7.99. The lowest BCUT2D eigenvalue weighted by Gasteiger charge is -2.13. The van der Waals surface area contributed by atoms with Crippen molar-refractivity contribution >= 4 is 23.4 Å². The van der Waals surface area contributed by atoms with E-state index in [1.165, 1.54) is 11.8 Å². The molecule has 1 aromatic heterocycles. The number of thioether (sulfide) groups is 1. The van der Waals surface area contributed by atoms with E-state index < -0.39 is 0 Å². The Morgan fingerprint density at radius 2 is 1.78 bits per heavy atom. The maximum absolute atomic E-state index is 12.4. The Morgan fingerprint density at radius 3 is 2.48 bits per heavy atom. The van der Waals surface area contributed by atoms with Crippen molar-refractivity contribution in [2.24, 2.45) is 0 Å². The smallest absolute Gasteiger partial charge is 0.234 e. The molecule has 0 radical (unpaired) electrons. The first-order valence-electron chi connectivity index (χ1n) is 9.10. The standard InChI is InChI=1S/C21H24N4OS/c1-4-25-20(16-10-6-5-7-11-16)23-24-21(25)27-14-19(26)22-18-13-9-8-12-17(18)15(2)3/h5-13,15H,4,14H2,1-3H3,(H,22,26). The monoisotopic (exact) mass is 380 g/mol. The minimum absolute atomic E-state index is 0.0417. The molecule has 140 valence electrons. The predicted octanol–water partition coefficient (Wildman–Crippen LogP) is 4.82. The first-order chi connectivity index (χ1) is 13.1. The lowest BCUT2D eigenvalue weighted by Crippen LogP contribution is -2.16. The summed E-state index contributed by atoms with van der Waals surface area (Å²) in [5.41, 5.74) is 3.04. The molecule has 0 aliphatic rings. The van der Waals surface area contributed by atoms with Gasteiger partial charge in [0.1, 0.15) is 0 Å². The van der Waals surface area contributed by atoms with Crippen molar-refractivity contribution in [3.05, 3.63) is 60.2 Å². The average Bonchev–Trinajstić information content (AvgIpc) is 3.10. The van der Waals surface area contributed by atoms with E-state index in [4.69, 9.17) is 0 Å². The lowest BCUT2D eigenvalue weighted by molar-refractivity contribution is -0.113. The molecule has 6 heteroatoms. The van der Waals surface area contributed by atoms with Crippen molar-refractivity contribution in [3.63, 3.8) is 0 Å². The zero-order valence-electron chi connectivity index (χ0n) is 15.8. The number of carbonyl (C=O) groups excluding carboxylic acids is 1. The molecule has 27 heavy (non-hydrogen) atoms. The summed E-state index contributed by atoms with van der Waals surface area (Å²) in [5.74, 6) is 1.43. The van der Waals surface area contributed by atoms with Gasteiger partial charge in [-0.3, -0.25) is 4.79 Å². The second kappa shape index (κ2) is 8.86. The molecule has 0 saturated carbocycles. The van der Waals surface area contributed by atoms with Crippen LogP contribution in [0.2, 0.25) is 0 Å². The summed E-state index contributed by atoms with van der Waals surface area (Å²) in [6, 6.07) is 17.9. The fourth-order valence-electron chi connectivity index (χ4n) is 2.91. The van der Waals surface area contributed by atoms with Gasteiger partial charge in [0.15, 0.2) is 11.0 Å². The molecular formula is C21H24N4OS. The molecule has 5 nitrogen and oxygen atoms in total. The molecule has 0 unspecified atom stereocenters. The number of para-hydroxylation sites is 1. The highest BCUT2D eigenvalue weighted by atomic mass is 32.2. The molecule has 3 rings (SSSR count). The van der Waals surface area contributed by atoms with Crippen LogP contribution in [-0.4, -0.2) is 26.4 Å². The second-order valence-corrected chi connectivity index (χ2v) is 7.44. The summed E-state index contributed by atoms with van der Waals surface area (Å²) in [7, 11) is 0. The highest BCUT2D eigenvalue weighted by Gasteiger charge is 2.15. The van der Waals surface area contributed by atoms with Gasteiger partial charge in [0.05, 0.1) is 5.75 Å². The van der Waals surface area contributed by atoms with Gasteiger partial charge in [0.2, 0.25) is 5.91 Å². The van der Waals surface area contributed by atoms with Gasteiger partial charge in [-0.15, -0.1) is 10.2 Å². The number of carbonyl (C=O) groups is 1. The van der Waals surface area contributed by atoms with Crippen LogP contribution in [0.25, 0.3) is 11.4 Å². The van der Waals surface area contributed by atoms with Crippen LogP contribution in [0.15, 0.2) is 59.8 Å². The van der Waals surface area contributed by atoms with E-state index in [0.717, 1.165) is 34.3 Å². The Bertz CT molecular complexity index is 906. The Kier molecular flexibility index (Phi) is 6.29. The topological polar surface area (TPSA) is 59.8 Å². The van der Waals surface area contributed by atoms with E-state index in [-0.39, 0.29) is 5.91 Å². The Hall–Kier alpha value is -2.60. The number of benzene rings is 2. The fraction of sp³-hybridized carbons (Fsp3) is 0.286. The molecule has 0 spiro atoms. The molecule has 3 aromatic rings. The molecule has 2 aromatic carbocycles. The van der Waals surface area contributed by atoms with Crippen molar-refractivity contribution in [2.45, 2.75) is 38.4 Å². The van der Waals surface area contributed by atoms with Crippen LogP contribution in [0, 0.1) is 0 Å². The molecule has 1 heterocycles. The maximum atomic E-state index is 12.4. The SMILES string of the molecule is CCn1c(SCC(=O)Nc2ccccc2C(C)C)nnc1-c1ccccc1. The van der Waals surface area contributed by atoms with Gasteiger partial charge < -0.3 is 9.88 Å². The van der Waals surface area contributed by atoms with Gasteiger partial charge >= 0.3 is 0 Å². The Balaban J connectivity index is 1.69. The maximum Gasteiger partial charge on any atom is 0.234 e. The zero-order chi connectivity index (χ0) is 19.2. The number of hydrogen-bond acceptors (Lipinski definition) is 4. The van der Waals surface area contributed by atoms with Gasteiger partial charge in [-0.25, -0.2) is 0 Å². The second-order valence-electron chi connectivity index (χ2n) is 6.50. The fourth-order valence-corrected chi connectivity index (χ4v) is 3.71. The van der Waals surface area contributed by atoms with Crippen LogP contribution in [0.3, 0.4) is 0 Å². The zero-order valence-corrected chi connectivity index (χ0v) is 16.7. The van der Waals surface area contributed by atoms with Crippen molar-refractivity contribution in [2.75, 3.05) is 11.1 Å². The molecule has 0 aliphatic carbocycles. The van der Waals surface area contributed by atoms with Crippen LogP contribution in [0.1, 0.15) is 32.3 Å². The number of anilines is 1. The van der Waals surface area contributed by atoms with E-state index in [2.05, 4.69) is 36.3 Å². The molecule has 1 amide bonds. The average molecular weight is 381 g/mol. The van der Waals surface area contributed by atoms with Crippen LogP contribution >= 0.6 is 11.8 Å². The Morgan fingerprint density at radius 1 is 1.07 bits per heavy atom. The number of aromatic nitrogens is 3. The number of amides is 1. The molecule has 1 N–H and O–H groups in total. The van der Waals surface area contributed by atoms with E-state index in [1.807, 2.05) is 59.2 Å². The lowest BCUT2D eigenvalue weighted by atomic mass is 10.0. The quantitative estimate of drug-likeness (QED) is 0.597. The van der Waals surface area contributed by atoms with Crippen molar-refractivity contribution in [1.82, 2.24) is 14.8 Å². The molecule has 0 saturated heterocycles. The van der Waals surface area contributed by atoms with Crippen molar-refractivity contribution in [3.8, 4) is 11.4 Å². The highest BCUT2D eigenvalue weighted by Crippen LogP contribution is 2.26. The predicted molar refractivity (Wildman–Crippen MR) is 111 cm³/mol. The van der Waals surface area contributed by atoms with Crippen molar-refractivity contribution < 1.29 is 4.79 Å². The third kappa shape index (κ3) is 4.57. The minimum Gasteiger partial charge on any atom is -0.325 e. The third-order valence-electron chi connectivity index (χ3n) is 4.25. The number of rotatable bonds is 7. The summed E-state index contributed by atoms with van der Waals surface area (Å²) in [4.78, 5) is 12.4. The molecular weight excluding hydrogens is 356 g/mol. The van der Waals surface area contributed by atoms with E-state index >= 15 is 0 Å². The Labute approximate surface area is 164 Å². The summed E-state index contributed by atoms with van der Waals surface area (Å²) in [6.07, 6.45) is 0. The number of nitrogens with zero attached hydrogens (tertiary/aromatic N) is 3. The summed E-state index contributed by atoms with van der Waals surface area (Å²) >= 11 is 1.41.